The van der Waals surface area contributed by atoms with Crippen LogP contribution >= 0.6 is 0 Å². The molecule has 7 nitrogen and oxygen atoms in total. The van der Waals surface area contributed by atoms with E-state index in [9.17, 15) is 9.90 Å². The van der Waals surface area contributed by atoms with Gasteiger partial charge >= 0.3 is 21.1 Å². The summed E-state index contributed by atoms with van der Waals surface area (Å²) in [6.45, 7) is 0.425. The molecule has 0 aromatic carbocycles. The van der Waals surface area contributed by atoms with Crippen molar-refractivity contribution in [2.75, 3.05) is 27.7 Å². The molecule has 0 aliphatic carbocycles. The standard InChI is InChI=1S/C7H15NO3.HIO3/c1-8(2,3)5-6(9)4-7(10)11;2-1(3)4/h6,9H,4-5H2,1-3H3;2H/t6-;/m1./s1. The Morgan fingerprint density at radius 3 is 1.93 bits per heavy atom. The maximum Gasteiger partial charge on any atom is 0.503 e. The Morgan fingerprint density at radius 2 is 1.73 bits per heavy atom. The normalized spacial score (nSPS) is 13.1. The van der Waals surface area contributed by atoms with Gasteiger partial charge < -0.3 is 26.4 Å². The lowest BCUT2D eigenvalue weighted by molar-refractivity contribution is -1.63. The van der Waals surface area contributed by atoms with E-state index in [4.69, 9.17) is 15.4 Å². The van der Waals surface area contributed by atoms with Crippen molar-refractivity contribution in [1.82, 2.24) is 0 Å². The van der Waals surface area contributed by atoms with Crippen molar-refractivity contribution in [3.63, 3.8) is 0 Å². The first kappa shape index (κ1) is 17.4. The quantitative estimate of drug-likeness (QED) is 0.388. The highest BCUT2D eigenvalue weighted by Crippen LogP contribution is 1.97. The first-order chi connectivity index (χ1) is 6.54. The van der Waals surface area contributed by atoms with Crippen LogP contribution in [0.3, 0.4) is 0 Å². The van der Waals surface area contributed by atoms with E-state index in [-0.39, 0.29) is 6.42 Å². The molecule has 0 unspecified atom stereocenters. The minimum atomic E-state index is -3.76. The van der Waals surface area contributed by atoms with Crippen molar-refractivity contribution in [2.24, 2.45) is 0 Å². The molecule has 0 aliphatic rings. The molecule has 92 valence electrons. The van der Waals surface area contributed by atoms with Crippen LogP contribution in [-0.4, -0.2) is 52.8 Å². The number of halogens is 1. The van der Waals surface area contributed by atoms with Crippen LogP contribution in [-0.2, 0) is 4.79 Å². The number of nitrogens with zero attached hydrogens (tertiary/aromatic N) is 1. The van der Waals surface area contributed by atoms with Gasteiger partial charge in [-0.25, -0.2) is 0 Å². The highest BCUT2D eigenvalue weighted by molar-refractivity contribution is 5.64. The molecule has 0 heterocycles. The molecule has 2 N–H and O–H groups in total. The second-order valence-electron chi connectivity index (χ2n) is 3.90. The van der Waals surface area contributed by atoms with Crippen molar-refractivity contribution in [2.45, 2.75) is 12.5 Å². The van der Waals surface area contributed by atoms with Gasteiger partial charge in [0.25, 0.3) is 0 Å². The van der Waals surface area contributed by atoms with Crippen molar-refractivity contribution >= 4 is 5.97 Å². The number of carbonyl (C=O) groups excluding carboxylic acids is 1. The van der Waals surface area contributed by atoms with Gasteiger partial charge in [-0.2, -0.15) is 0 Å². The summed E-state index contributed by atoms with van der Waals surface area (Å²) in [5.41, 5.74) is 0. The monoisotopic (exact) mass is 337 g/mol. The van der Waals surface area contributed by atoms with E-state index in [0.717, 1.165) is 0 Å². The molecule has 0 spiro atoms. The Kier molecular flexibility index (Phi) is 9.49. The molecular weight excluding hydrogens is 321 g/mol. The number of hydrogen-bond acceptors (Lipinski definition) is 6. The lowest BCUT2D eigenvalue weighted by atomic mass is 10.2. The lowest BCUT2D eigenvalue weighted by Crippen LogP contribution is -3.98. The minimum Gasteiger partial charge on any atom is -0.550 e. The number of carboxylic acids is 1. The maximum atomic E-state index is 10.0. The SMILES string of the molecule is C[N+](C)(C)C[C@H](O)CC(=O)[O-].[O-][I+2]([O-])O. The van der Waals surface area contributed by atoms with E-state index in [1.165, 1.54) is 0 Å². The number of aliphatic hydroxyl groups excluding tert-OH is 1. The minimum absolute atomic E-state index is 0.282. The molecule has 15 heavy (non-hydrogen) atoms. The van der Waals surface area contributed by atoms with Crippen LogP contribution in [0.25, 0.3) is 0 Å². The van der Waals surface area contributed by atoms with E-state index >= 15 is 0 Å². The Balaban J connectivity index is 0. The van der Waals surface area contributed by atoms with Crippen LogP contribution in [0.4, 0.5) is 0 Å². The molecule has 0 aliphatic heterocycles. The summed E-state index contributed by atoms with van der Waals surface area (Å²) in [7, 11) is 5.66. The van der Waals surface area contributed by atoms with Crippen LogP contribution in [0.2, 0.25) is 0 Å². The highest BCUT2D eigenvalue weighted by atomic mass is 127. The Bertz CT molecular complexity index is 178. The smallest absolute Gasteiger partial charge is 0.503 e. The lowest BCUT2D eigenvalue weighted by Gasteiger charge is -2.26. The van der Waals surface area contributed by atoms with Gasteiger partial charge in [0.05, 0.1) is 21.1 Å². The van der Waals surface area contributed by atoms with Crippen molar-refractivity contribution in [3.8, 4) is 0 Å². The first-order valence-corrected chi connectivity index (χ1v) is 6.70. The van der Waals surface area contributed by atoms with Crippen LogP contribution in [0.15, 0.2) is 0 Å². The molecular formula is C7H16INO6. The van der Waals surface area contributed by atoms with Crippen LogP contribution in [0, 0.1) is 0 Å². The van der Waals surface area contributed by atoms with Gasteiger partial charge in [-0.15, -0.1) is 0 Å². The predicted octanol–water partition coefficient (Wildman–Crippen LogP) is -7.74. The third-order valence-electron chi connectivity index (χ3n) is 1.16. The third kappa shape index (κ3) is 24.9. The van der Waals surface area contributed by atoms with Crippen LogP contribution in [0.5, 0.6) is 0 Å². The molecule has 0 bridgehead atoms. The Morgan fingerprint density at radius 1 is 1.40 bits per heavy atom. The number of carboxylic acid groups (broad SMARTS) is 1. The van der Waals surface area contributed by atoms with Crippen molar-refractivity contribution in [3.05, 3.63) is 0 Å². The summed E-state index contributed by atoms with van der Waals surface area (Å²) < 4.78 is 25.0. The van der Waals surface area contributed by atoms with E-state index in [2.05, 4.69) is 0 Å². The molecule has 0 saturated carbocycles. The van der Waals surface area contributed by atoms with Crippen LogP contribution < -0.4 is 33.0 Å². The fraction of sp³-hybridized carbons (Fsp3) is 0.857. The third-order valence-corrected chi connectivity index (χ3v) is 1.16. The summed E-state index contributed by atoms with van der Waals surface area (Å²) in [5.74, 6) is -1.20. The van der Waals surface area contributed by atoms with Crippen molar-refractivity contribution in [1.29, 1.82) is 0 Å². The molecule has 0 saturated heterocycles. The zero-order valence-electron chi connectivity index (χ0n) is 8.84. The summed E-state index contributed by atoms with van der Waals surface area (Å²) in [5, 5.41) is 19.1. The fourth-order valence-electron chi connectivity index (χ4n) is 0.889. The van der Waals surface area contributed by atoms with Gasteiger partial charge in [0.15, 0.2) is 0 Å². The topological polar surface area (TPSA) is 127 Å². The summed E-state index contributed by atoms with van der Waals surface area (Å²) in [6.07, 6.45) is -1.09. The second kappa shape index (κ2) is 8.19. The predicted molar refractivity (Wildman–Crippen MR) is 40.7 cm³/mol. The zero-order chi connectivity index (χ0) is 12.6. The van der Waals surface area contributed by atoms with Gasteiger partial charge in [0.1, 0.15) is 12.6 Å². The fourth-order valence-corrected chi connectivity index (χ4v) is 0.889. The second-order valence-corrected chi connectivity index (χ2v) is 5.05. The molecule has 0 rings (SSSR count). The van der Waals surface area contributed by atoms with Gasteiger partial charge in [-0.1, -0.05) is 0 Å². The Labute approximate surface area is 97.2 Å². The summed E-state index contributed by atoms with van der Waals surface area (Å²) >= 11 is -3.76. The summed E-state index contributed by atoms with van der Waals surface area (Å²) in [6, 6.07) is 0. The average molecular weight is 337 g/mol. The maximum absolute atomic E-state index is 10.0. The molecule has 8 heteroatoms. The number of aliphatic carboxylic acids is 1. The number of rotatable bonds is 4. The van der Waals surface area contributed by atoms with E-state index in [1.54, 1.807) is 0 Å². The number of likely N-dealkylation sites (N-methyl/N-ethyl adjacent to an activating group) is 1. The molecule has 0 fully saturated rings. The molecule has 0 amide bonds. The van der Waals surface area contributed by atoms with E-state index in [0.29, 0.717) is 11.0 Å². The van der Waals surface area contributed by atoms with Gasteiger partial charge in [-0.05, 0) is 3.44 Å². The zero-order valence-corrected chi connectivity index (χ0v) is 11.0. The number of hydrogen-bond donors (Lipinski definition) is 2. The number of carbonyl (C=O) groups is 1. The largest absolute Gasteiger partial charge is 0.550 e. The Hall–Kier alpha value is -0.000000000000000153. The first-order valence-electron chi connectivity index (χ1n) is 3.97. The summed E-state index contributed by atoms with van der Waals surface area (Å²) in [4.78, 5) is 10.0. The van der Waals surface area contributed by atoms with Gasteiger partial charge in [0, 0.05) is 12.4 Å². The average Bonchev–Trinajstić information content (AvgIpc) is 1.76. The molecule has 0 radical (unpaired) electrons. The number of quaternary nitrogens is 1. The van der Waals surface area contributed by atoms with Gasteiger partial charge in [0.2, 0.25) is 0 Å². The molecule has 1 atom stereocenters. The number of aliphatic hydroxyl groups is 1. The highest BCUT2D eigenvalue weighted by Gasteiger charge is 2.14. The van der Waals surface area contributed by atoms with E-state index < -0.39 is 33.1 Å². The van der Waals surface area contributed by atoms with E-state index in [1.807, 2.05) is 21.1 Å². The molecule has 0 aromatic rings. The molecule has 0 aromatic heterocycles. The van der Waals surface area contributed by atoms with Crippen LogP contribution in [0.1, 0.15) is 6.42 Å². The van der Waals surface area contributed by atoms with Gasteiger partial charge in [-0.3, -0.25) is 0 Å². The van der Waals surface area contributed by atoms with Crippen molar-refractivity contribution < 1.29 is 50.9 Å².